The molecule has 2 N–H and O–H groups in total. The molecule has 1 aromatic rings. The highest BCUT2D eigenvalue weighted by Gasteiger charge is 2.32. The first-order valence-electron chi connectivity index (χ1n) is 6.03. The summed E-state index contributed by atoms with van der Waals surface area (Å²) >= 11 is 1.71. The van der Waals surface area contributed by atoms with Gasteiger partial charge in [0.1, 0.15) is 5.54 Å². The van der Waals surface area contributed by atoms with Gasteiger partial charge in [0.25, 0.3) is 0 Å². The molecule has 0 spiro atoms. The zero-order chi connectivity index (χ0) is 13.8. The van der Waals surface area contributed by atoms with Crippen LogP contribution in [0.15, 0.2) is 29.2 Å². The third kappa shape index (κ3) is 4.03. The molecule has 2 atom stereocenters. The van der Waals surface area contributed by atoms with Crippen molar-refractivity contribution < 1.29 is 9.90 Å². The summed E-state index contributed by atoms with van der Waals surface area (Å²) in [4.78, 5) is 12.4. The third-order valence-electron chi connectivity index (χ3n) is 3.08. The van der Waals surface area contributed by atoms with Crippen LogP contribution in [0.2, 0.25) is 0 Å². The van der Waals surface area contributed by atoms with Gasteiger partial charge in [0.05, 0.1) is 0 Å². The quantitative estimate of drug-likeness (QED) is 0.778. The first-order chi connectivity index (χ1) is 8.37. The summed E-state index contributed by atoms with van der Waals surface area (Å²) in [7, 11) is 1.69. The van der Waals surface area contributed by atoms with Crippen molar-refractivity contribution in [2.24, 2.45) is 0 Å². The Hall–Kier alpha value is -1.00. The fourth-order valence-corrected chi connectivity index (χ4v) is 2.94. The largest absolute Gasteiger partial charge is 0.480 e. The van der Waals surface area contributed by atoms with Crippen LogP contribution in [0.5, 0.6) is 0 Å². The van der Waals surface area contributed by atoms with Crippen LogP contribution in [0.25, 0.3) is 0 Å². The topological polar surface area (TPSA) is 49.3 Å². The number of aryl methyl sites for hydroxylation is 1. The van der Waals surface area contributed by atoms with Crippen LogP contribution >= 0.6 is 11.8 Å². The average Bonchev–Trinajstić information content (AvgIpc) is 2.31. The minimum absolute atomic E-state index is 0.237. The second kappa shape index (κ2) is 6.25. The van der Waals surface area contributed by atoms with E-state index in [9.17, 15) is 9.90 Å². The molecule has 0 aliphatic rings. The second-order valence-corrected chi connectivity index (χ2v) is 6.34. The maximum atomic E-state index is 11.2. The van der Waals surface area contributed by atoms with Gasteiger partial charge >= 0.3 is 5.97 Å². The van der Waals surface area contributed by atoms with E-state index in [0.29, 0.717) is 6.42 Å². The molecule has 0 bridgehead atoms. The molecule has 0 saturated carbocycles. The fraction of sp³-hybridized carbons (Fsp3) is 0.500. The monoisotopic (exact) mass is 267 g/mol. The maximum absolute atomic E-state index is 11.2. The number of carboxylic acid groups (broad SMARTS) is 1. The Kier molecular flexibility index (Phi) is 5.23. The lowest BCUT2D eigenvalue weighted by Gasteiger charge is -2.27. The SMILES string of the molecule is CNC(C)(CC(C)Sc1ccc(C)cc1)C(=O)O. The highest BCUT2D eigenvalue weighted by atomic mass is 32.2. The molecular formula is C14H21NO2S. The Morgan fingerprint density at radius 1 is 1.44 bits per heavy atom. The summed E-state index contributed by atoms with van der Waals surface area (Å²) < 4.78 is 0. The smallest absolute Gasteiger partial charge is 0.323 e. The van der Waals surface area contributed by atoms with Crippen LogP contribution in [0.4, 0.5) is 0 Å². The first-order valence-corrected chi connectivity index (χ1v) is 6.91. The Morgan fingerprint density at radius 3 is 2.44 bits per heavy atom. The van der Waals surface area contributed by atoms with Gasteiger partial charge in [0.15, 0.2) is 0 Å². The van der Waals surface area contributed by atoms with E-state index < -0.39 is 11.5 Å². The van der Waals surface area contributed by atoms with Gasteiger partial charge in [-0.25, -0.2) is 0 Å². The van der Waals surface area contributed by atoms with Crippen LogP contribution in [0.3, 0.4) is 0 Å². The summed E-state index contributed by atoms with van der Waals surface area (Å²) in [6, 6.07) is 8.30. The van der Waals surface area contributed by atoms with E-state index in [1.165, 1.54) is 10.5 Å². The molecule has 100 valence electrons. The van der Waals surface area contributed by atoms with Crippen molar-refractivity contribution in [3.8, 4) is 0 Å². The van der Waals surface area contributed by atoms with Crippen molar-refractivity contribution in [1.29, 1.82) is 0 Å². The van der Waals surface area contributed by atoms with E-state index in [0.717, 1.165) is 0 Å². The van der Waals surface area contributed by atoms with E-state index in [-0.39, 0.29) is 5.25 Å². The molecule has 0 saturated heterocycles. The Morgan fingerprint density at radius 2 is 2.00 bits per heavy atom. The molecule has 0 heterocycles. The fourth-order valence-electron chi connectivity index (χ4n) is 1.76. The molecule has 4 heteroatoms. The lowest BCUT2D eigenvalue weighted by molar-refractivity contribution is -0.144. The molecule has 18 heavy (non-hydrogen) atoms. The number of aliphatic carboxylic acids is 1. The van der Waals surface area contributed by atoms with Crippen molar-refractivity contribution >= 4 is 17.7 Å². The number of hydrogen-bond acceptors (Lipinski definition) is 3. The summed E-state index contributed by atoms with van der Waals surface area (Å²) in [6.07, 6.45) is 0.581. The van der Waals surface area contributed by atoms with Crippen molar-refractivity contribution in [1.82, 2.24) is 5.32 Å². The van der Waals surface area contributed by atoms with Gasteiger partial charge < -0.3 is 10.4 Å². The number of carboxylic acids is 1. The predicted octanol–water partition coefficient (Wildman–Crippen LogP) is 2.93. The average molecular weight is 267 g/mol. The standard InChI is InChI=1S/C14H21NO2S/c1-10-5-7-12(8-6-10)18-11(2)9-14(3,15-4)13(16)17/h5-8,11,15H,9H2,1-4H3,(H,16,17). The summed E-state index contributed by atoms with van der Waals surface area (Å²) in [6.45, 7) is 5.84. The van der Waals surface area contributed by atoms with Crippen molar-refractivity contribution in [2.45, 2.75) is 42.9 Å². The van der Waals surface area contributed by atoms with Crippen LogP contribution in [-0.4, -0.2) is 28.9 Å². The molecule has 1 rings (SSSR count). The van der Waals surface area contributed by atoms with Gasteiger partial charge in [0, 0.05) is 10.1 Å². The molecule has 0 radical (unpaired) electrons. The highest BCUT2D eigenvalue weighted by molar-refractivity contribution is 7.99. The summed E-state index contributed by atoms with van der Waals surface area (Å²) in [5.74, 6) is -0.804. The highest BCUT2D eigenvalue weighted by Crippen LogP contribution is 2.28. The second-order valence-electron chi connectivity index (χ2n) is 4.83. The van der Waals surface area contributed by atoms with Crippen molar-refractivity contribution in [3.05, 3.63) is 29.8 Å². The molecule has 1 aromatic carbocycles. The van der Waals surface area contributed by atoms with Gasteiger partial charge in [0.2, 0.25) is 0 Å². The predicted molar refractivity (Wildman–Crippen MR) is 76.2 cm³/mol. The number of nitrogens with one attached hydrogen (secondary N) is 1. The van der Waals surface area contributed by atoms with Crippen LogP contribution < -0.4 is 5.32 Å². The van der Waals surface area contributed by atoms with Gasteiger partial charge in [-0.05, 0) is 39.4 Å². The Balaban J connectivity index is 2.63. The minimum Gasteiger partial charge on any atom is -0.480 e. The van der Waals surface area contributed by atoms with Gasteiger partial charge in [-0.3, -0.25) is 4.79 Å². The minimum atomic E-state index is -0.864. The molecule has 0 fully saturated rings. The van der Waals surface area contributed by atoms with E-state index in [4.69, 9.17) is 0 Å². The lowest BCUT2D eigenvalue weighted by atomic mass is 9.96. The van der Waals surface area contributed by atoms with Crippen LogP contribution in [0.1, 0.15) is 25.8 Å². The zero-order valence-electron chi connectivity index (χ0n) is 11.4. The third-order valence-corrected chi connectivity index (χ3v) is 4.19. The summed E-state index contributed by atoms with van der Waals surface area (Å²) in [5, 5.41) is 12.3. The van der Waals surface area contributed by atoms with E-state index >= 15 is 0 Å². The Labute approximate surface area is 113 Å². The molecule has 2 unspecified atom stereocenters. The lowest BCUT2D eigenvalue weighted by Crippen LogP contribution is -2.49. The number of rotatable bonds is 6. The number of carbonyl (C=O) groups is 1. The van der Waals surface area contributed by atoms with E-state index in [2.05, 4.69) is 43.4 Å². The maximum Gasteiger partial charge on any atom is 0.323 e. The van der Waals surface area contributed by atoms with Crippen LogP contribution in [0, 0.1) is 6.92 Å². The number of likely N-dealkylation sites (N-methyl/N-ethyl adjacent to an activating group) is 1. The molecule has 0 aliphatic heterocycles. The van der Waals surface area contributed by atoms with Crippen LogP contribution in [-0.2, 0) is 4.79 Å². The van der Waals surface area contributed by atoms with E-state index in [1.807, 2.05) is 0 Å². The van der Waals surface area contributed by atoms with Gasteiger partial charge in [-0.2, -0.15) is 0 Å². The molecular weight excluding hydrogens is 246 g/mol. The normalized spacial score (nSPS) is 16.0. The first kappa shape index (κ1) is 15.1. The molecule has 0 aromatic heterocycles. The zero-order valence-corrected chi connectivity index (χ0v) is 12.2. The summed E-state index contributed by atoms with van der Waals surface area (Å²) in [5.41, 5.74) is 0.370. The number of thioether (sulfide) groups is 1. The Bertz CT molecular complexity index is 405. The molecule has 0 amide bonds. The van der Waals surface area contributed by atoms with Gasteiger partial charge in [-0.15, -0.1) is 11.8 Å². The molecule has 3 nitrogen and oxygen atoms in total. The van der Waals surface area contributed by atoms with Gasteiger partial charge in [-0.1, -0.05) is 24.6 Å². The van der Waals surface area contributed by atoms with E-state index in [1.54, 1.807) is 25.7 Å². The number of benzene rings is 1. The van der Waals surface area contributed by atoms with Crippen molar-refractivity contribution in [2.75, 3.05) is 7.05 Å². The molecule has 0 aliphatic carbocycles. The van der Waals surface area contributed by atoms with Crippen molar-refractivity contribution in [3.63, 3.8) is 0 Å². The number of hydrogen-bond donors (Lipinski definition) is 2.